The Morgan fingerprint density at radius 3 is 2.88 bits per heavy atom. The summed E-state index contributed by atoms with van der Waals surface area (Å²) < 4.78 is 3.72. The Bertz CT molecular complexity index is 1330. The standard InChI is InChI=1S/C24H26N8O/c1-3-31-20(7-9-26-31)22-23(18-6-4-5-17(13-18)14-25)28-32-10-8-21(27-24(22)32)30-12-11-29(2)19(15-30)16-33/h4-10,13,19,33H,3,11-12,15-16H2,1-2H3. The Labute approximate surface area is 192 Å². The summed E-state index contributed by atoms with van der Waals surface area (Å²) >= 11 is 0. The molecule has 0 bridgehead atoms. The second-order valence-electron chi connectivity index (χ2n) is 8.27. The number of aliphatic hydroxyl groups excluding tert-OH is 1. The van der Waals surface area contributed by atoms with Gasteiger partial charge in [-0.05, 0) is 38.2 Å². The predicted octanol–water partition coefficient (Wildman–Crippen LogP) is 2.26. The lowest BCUT2D eigenvalue weighted by atomic mass is 10.0. The quantitative estimate of drug-likeness (QED) is 0.506. The van der Waals surface area contributed by atoms with Crippen LogP contribution in [0.1, 0.15) is 12.5 Å². The molecule has 5 rings (SSSR count). The zero-order valence-electron chi connectivity index (χ0n) is 18.8. The van der Waals surface area contributed by atoms with Crippen LogP contribution in [0.25, 0.3) is 28.2 Å². The van der Waals surface area contributed by atoms with E-state index in [9.17, 15) is 10.4 Å². The number of aromatic nitrogens is 5. The number of aryl methyl sites for hydroxylation is 1. The normalized spacial score (nSPS) is 16.9. The maximum Gasteiger partial charge on any atom is 0.167 e. The maximum absolute atomic E-state index is 9.76. The van der Waals surface area contributed by atoms with Gasteiger partial charge in [0.15, 0.2) is 5.65 Å². The van der Waals surface area contributed by atoms with Gasteiger partial charge in [-0.1, -0.05) is 12.1 Å². The Balaban J connectivity index is 1.68. The largest absolute Gasteiger partial charge is 0.395 e. The monoisotopic (exact) mass is 442 g/mol. The lowest BCUT2D eigenvalue weighted by Crippen LogP contribution is -2.53. The van der Waals surface area contributed by atoms with Gasteiger partial charge in [0.25, 0.3) is 0 Å². The van der Waals surface area contributed by atoms with Crippen LogP contribution in [0, 0.1) is 11.3 Å². The molecule has 1 aliphatic heterocycles. The van der Waals surface area contributed by atoms with Crippen LogP contribution in [-0.4, -0.2) is 73.7 Å². The molecule has 1 N–H and O–H groups in total. The SMILES string of the molecule is CCn1nccc1-c1c(-c2cccc(C#N)c2)nn2ccc(N3CCN(C)C(CO)C3)nc12. The fraction of sp³-hybridized carbons (Fsp3) is 0.333. The first-order valence-corrected chi connectivity index (χ1v) is 11.1. The summed E-state index contributed by atoms with van der Waals surface area (Å²) in [4.78, 5) is 9.43. The molecule has 0 amide bonds. The molecule has 0 radical (unpaired) electrons. The molecule has 3 aromatic heterocycles. The average Bonchev–Trinajstić information content (AvgIpc) is 3.47. The highest BCUT2D eigenvalue weighted by Crippen LogP contribution is 2.35. The van der Waals surface area contributed by atoms with E-state index in [1.807, 2.05) is 48.3 Å². The van der Waals surface area contributed by atoms with Crippen LogP contribution in [0.15, 0.2) is 48.8 Å². The molecule has 4 aromatic rings. The third-order valence-corrected chi connectivity index (χ3v) is 6.32. The average molecular weight is 443 g/mol. The van der Waals surface area contributed by atoms with Gasteiger partial charge in [-0.25, -0.2) is 9.50 Å². The van der Waals surface area contributed by atoms with Gasteiger partial charge < -0.3 is 10.0 Å². The van der Waals surface area contributed by atoms with Gasteiger partial charge in [0.2, 0.25) is 0 Å². The molecule has 0 aliphatic carbocycles. The number of aliphatic hydroxyl groups is 1. The minimum Gasteiger partial charge on any atom is -0.395 e. The summed E-state index contributed by atoms with van der Waals surface area (Å²) in [6, 6.07) is 13.7. The molecular weight excluding hydrogens is 416 g/mol. The number of likely N-dealkylation sites (N-methyl/N-ethyl adjacent to an activating group) is 1. The third kappa shape index (κ3) is 3.73. The van der Waals surface area contributed by atoms with Gasteiger partial charge in [-0.2, -0.15) is 15.5 Å². The number of anilines is 1. The Kier molecular flexibility index (Phi) is 5.54. The van der Waals surface area contributed by atoms with Gasteiger partial charge in [-0.15, -0.1) is 0 Å². The van der Waals surface area contributed by atoms with E-state index >= 15 is 0 Å². The van der Waals surface area contributed by atoms with E-state index in [4.69, 9.17) is 10.1 Å². The molecule has 9 nitrogen and oxygen atoms in total. The van der Waals surface area contributed by atoms with Crippen molar-refractivity contribution in [2.24, 2.45) is 0 Å². The van der Waals surface area contributed by atoms with Gasteiger partial charge in [0.05, 0.1) is 35.5 Å². The molecule has 1 aliphatic rings. The maximum atomic E-state index is 9.76. The highest BCUT2D eigenvalue weighted by molar-refractivity contribution is 5.89. The summed E-state index contributed by atoms with van der Waals surface area (Å²) in [7, 11) is 2.04. The first-order valence-electron chi connectivity index (χ1n) is 11.1. The number of piperazine rings is 1. The number of hydrogen-bond acceptors (Lipinski definition) is 7. The van der Waals surface area contributed by atoms with E-state index in [1.54, 1.807) is 16.8 Å². The van der Waals surface area contributed by atoms with Crippen molar-refractivity contribution >= 4 is 11.5 Å². The smallest absolute Gasteiger partial charge is 0.167 e. The number of nitrogens with zero attached hydrogens (tertiary/aromatic N) is 8. The van der Waals surface area contributed by atoms with Gasteiger partial charge in [0, 0.05) is 44.1 Å². The molecule has 1 atom stereocenters. The molecule has 9 heteroatoms. The molecule has 1 unspecified atom stereocenters. The van der Waals surface area contributed by atoms with Crippen molar-refractivity contribution in [3.63, 3.8) is 0 Å². The molecule has 4 heterocycles. The van der Waals surface area contributed by atoms with Crippen LogP contribution in [0.3, 0.4) is 0 Å². The van der Waals surface area contributed by atoms with E-state index in [1.165, 1.54) is 0 Å². The minimum atomic E-state index is 0.0759. The lowest BCUT2D eigenvalue weighted by molar-refractivity contribution is 0.135. The molecule has 0 saturated carbocycles. The number of nitriles is 1. The summed E-state index contributed by atoms with van der Waals surface area (Å²) in [5, 5.41) is 28.5. The first-order chi connectivity index (χ1) is 16.1. The van der Waals surface area contributed by atoms with E-state index in [-0.39, 0.29) is 12.6 Å². The zero-order chi connectivity index (χ0) is 22.9. The van der Waals surface area contributed by atoms with Crippen LogP contribution >= 0.6 is 0 Å². The fourth-order valence-electron chi connectivity index (χ4n) is 4.42. The van der Waals surface area contributed by atoms with Crippen LogP contribution < -0.4 is 4.90 Å². The summed E-state index contributed by atoms with van der Waals surface area (Å²) in [5.41, 5.74) is 4.76. The molecule has 33 heavy (non-hydrogen) atoms. The molecule has 0 spiro atoms. The van der Waals surface area contributed by atoms with Crippen molar-refractivity contribution in [3.8, 4) is 28.6 Å². The van der Waals surface area contributed by atoms with Gasteiger partial charge >= 0.3 is 0 Å². The fourth-order valence-corrected chi connectivity index (χ4v) is 4.42. The van der Waals surface area contributed by atoms with Crippen LogP contribution in [-0.2, 0) is 6.54 Å². The highest BCUT2D eigenvalue weighted by atomic mass is 16.3. The summed E-state index contributed by atoms with van der Waals surface area (Å²) in [6.07, 6.45) is 3.71. The van der Waals surface area contributed by atoms with Crippen molar-refractivity contribution in [1.82, 2.24) is 29.3 Å². The van der Waals surface area contributed by atoms with Gasteiger partial charge in [0.1, 0.15) is 11.5 Å². The summed E-state index contributed by atoms with van der Waals surface area (Å²) in [6.45, 7) is 5.29. The zero-order valence-corrected chi connectivity index (χ0v) is 18.8. The first kappa shape index (κ1) is 21.1. The molecular formula is C24H26N8O. The Morgan fingerprint density at radius 2 is 2.09 bits per heavy atom. The molecule has 1 saturated heterocycles. The Hall–Kier alpha value is -3.74. The summed E-state index contributed by atoms with van der Waals surface area (Å²) in [5.74, 6) is 0.857. The lowest BCUT2D eigenvalue weighted by Gasteiger charge is -2.39. The second-order valence-corrected chi connectivity index (χ2v) is 8.27. The number of rotatable bonds is 5. The minimum absolute atomic E-state index is 0.0759. The van der Waals surface area contributed by atoms with E-state index in [2.05, 4.69) is 27.9 Å². The van der Waals surface area contributed by atoms with Crippen LogP contribution in [0.2, 0.25) is 0 Å². The number of hydrogen-bond donors (Lipinski definition) is 1. The van der Waals surface area contributed by atoms with Crippen LogP contribution in [0.5, 0.6) is 0 Å². The van der Waals surface area contributed by atoms with E-state index < -0.39 is 0 Å². The van der Waals surface area contributed by atoms with Crippen molar-refractivity contribution in [2.45, 2.75) is 19.5 Å². The van der Waals surface area contributed by atoms with Crippen molar-refractivity contribution in [2.75, 3.05) is 38.2 Å². The molecule has 168 valence electrons. The highest BCUT2D eigenvalue weighted by Gasteiger charge is 2.26. The molecule has 1 fully saturated rings. The molecule has 1 aromatic carbocycles. The van der Waals surface area contributed by atoms with E-state index in [0.717, 1.165) is 47.1 Å². The number of fused-ring (bicyclic) bond motifs is 1. The predicted molar refractivity (Wildman–Crippen MR) is 126 cm³/mol. The third-order valence-electron chi connectivity index (χ3n) is 6.32. The van der Waals surface area contributed by atoms with Crippen LogP contribution in [0.4, 0.5) is 5.82 Å². The van der Waals surface area contributed by atoms with E-state index in [0.29, 0.717) is 18.7 Å². The number of benzene rings is 1. The van der Waals surface area contributed by atoms with Crippen molar-refractivity contribution < 1.29 is 5.11 Å². The topological polar surface area (TPSA) is 98.5 Å². The second kappa shape index (κ2) is 8.65. The van der Waals surface area contributed by atoms with Crippen molar-refractivity contribution in [1.29, 1.82) is 5.26 Å². The van der Waals surface area contributed by atoms with Crippen molar-refractivity contribution in [3.05, 3.63) is 54.4 Å². The van der Waals surface area contributed by atoms with Gasteiger partial charge in [-0.3, -0.25) is 9.58 Å². The Morgan fingerprint density at radius 1 is 1.21 bits per heavy atom.